The Bertz CT molecular complexity index is 1060. The largest absolute Gasteiger partial charge is 0.318 e. The molecule has 0 radical (unpaired) electrons. The summed E-state index contributed by atoms with van der Waals surface area (Å²) in [7, 11) is 0. The summed E-state index contributed by atoms with van der Waals surface area (Å²) in [5.74, 6) is -0.989. The Kier molecular flexibility index (Phi) is 3.70. The summed E-state index contributed by atoms with van der Waals surface area (Å²) in [6, 6.07) is 19.1. The minimum atomic E-state index is -0.497. The Morgan fingerprint density at radius 2 is 1.76 bits per heavy atom. The summed E-state index contributed by atoms with van der Waals surface area (Å²) in [5, 5.41) is 6.86. The number of fused-ring (bicyclic) bond motifs is 1. The number of para-hydroxylation sites is 1. The SMILES string of the molecule is O=C(Nc1ccccc1F)c1cc2nccc(-c3ccccc3)n2n1. The lowest BCUT2D eigenvalue weighted by Gasteiger charge is -2.04. The monoisotopic (exact) mass is 332 g/mol. The minimum Gasteiger partial charge on any atom is -0.318 e. The molecule has 122 valence electrons. The number of halogens is 1. The molecule has 0 fully saturated rings. The van der Waals surface area contributed by atoms with Gasteiger partial charge >= 0.3 is 0 Å². The molecule has 5 nitrogen and oxygen atoms in total. The Balaban J connectivity index is 1.72. The maximum atomic E-state index is 13.7. The Morgan fingerprint density at radius 3 is 2.56 bits per heavy atom. The van der Waals surface area contributed by atoms with Crippen LogP contribution in [0.15, 0.2) is 72.9 Å². The number of nitrogens with zero attached hydrogens (tertiary/aromatic N) is 3. The van der Waals surface area contributed by atoms with Crippen molar-refractivity contribution in [2.75, 3.05) is 5.32 Å². The zero-order valence-corrected chi connectivity index (χ0v) is 13.1. The third kappa shape index (κ3) is 2.85. The van der Waals surface area contributed by atoms with E-state index in [9.17, 15) is 9.18 Å². The van der Waals surface area contributed by atoms with Gasteiger partial charge in [-0.1, -0.05) is 42.5 Å². The zero-order chi connectivity index (χ0) is 17.2. The molecule has 0 saturated heterocycles. The van der Waals surface area contributed by atoms with E-state index in [0.717, 1.165) is 11.3 Å². The van der Waals surface area contributed by atoms with Gasteiger partial charge in [-0.05, 0) is 18.2 Å². The summed E-state index contributed by atoms with van der Waals surface area (Å²) in [5.41, 5.74) is 2.59. The number of benzene rings is 2. The number of rotatable bonds is 3. The molecule has 0 bridgehead atoms. The standard InChI is InChI=1S/C19H13FN4O/c20-14-8-4-5-9-15(14)22-19(25)16-12-18-21-11-10-17(24(18)23-16)13-6-2-1-3-7-13/h1-12H,(H,22,25). The molecule has 0 saturated carbocycles. The third-order valence-corrected chi connectivity index (χ3v) is 3.78. The van der Waals surface area contributed by atoms with E-state index in [1.54, 1.807) is 28.9 Å². The van der Waals surface area contributed by atoms with E-state index < -0.39 is 11.7 Å². The van der Waals surface area contributed by atoms with Gasteiger partial charge in [0, 0.05) is 17.8 Å². The molecule has 2 aromatic carbocycles. The molecule has 6 heteroatoms. The van der Waals surface area contributed by atoms with E-state index in [0.29, 0.717) is 5.65 Å². The number of anilines is 1. The van der Waals surface area contributed by atoms with E-state index in [1.807, 2.05) is 36.4 Å². The first-order chi connectivity index (χ1) is 12.2. The molecule has 2 heterocycles. The molecule has 0 aliphatic rings. The number of aromatic nitrogens is 3. The smallest absolute Gasteiger partial charge is 0.276 e. The Morgan fingerprint density at radius 1 is 1.00 bits per heavy atom. The number of carbonyl (C=O) groups excluding carboxylic acids is 1. The van der Waals surface area contributed by atoms with Crippen LogP contribution in [0.2, 0.25) is 0 Å². The molecular formula is C19H13FN4O. The van der Waals surface area contributed by atoms with Crippen molar-refractivity contribution in [2.45, 2.75) is 0 Å². The van der Waals surface area contributed by atoms with Crippen LogP contribution in [0.25, 0.3) is 16.9 Å². The highest BCUT2D eigenvalue weighted by Gasteiger charge is 2.15. The molecule has 4 aromatic rings. The van der Waals surface area contributed by atoms with Crippen molar-refractivity contribution in [3.8, 4) is 11.3 Å². The van der Waals surface area contributed by atoms with Gasteiger partial charge in [-0.2, -0.15) is 5.10 Å². The van der Waals surface area contributed by atoms with E-state index in [4.69, 9.17) is 0 Å². The summed E-state index contributed by atoms with van der Waals surface area (Å²) in [6.07, 6.45) is 1.66. The molecule has 0 atom stereocenters. The lowest BCUT2D eigenvalue weighted by atomic mass is 10.1. The van der Waals surface area contributed by atoms with Crippen molar-refractivity contribution in [1.29, 1.82) is 0 Å². The fraction of sp³-hybridized carbons (Fsp3) is 0. The van der Waals surface area contributed by atoms with E-state index >= 15 is 0 Å². The van der Waals surface area contributed by atoms with Crippen LogP contribution >= 0.6 is 0 Å². The number of carbonyl (C=O) groups is 1. The lowest BCUT2D eigenvalue weighted by molar-refractivity contribution is 0.102. The second-order valence-electron chi connectivity index (χ2n) is 5.43. The van der Waals surface area contributed by atoms with Crippen LogP contribution in [0, 0.1) is 5.82 Å². The fourth-order valence-corrected chi connectivity index (χ4v) is 2.58. The summed E-state index contributed by atoms with van der Waals surface area (Å²) < 4.78 is 15.3. The maximum Gasteiger partial charge on any atom is 0.276 e. The van der Waals surface area contributed by atoms with Crippen LogP contribution < -0.4 is 5.32 Å². The van der Waals surface area contributed by atoms with Crippen molar-refractivity contribution < 1.29 is 9.18 Å². The zero-order valence-electron chi connectivity index (χ0n) is 13.1. The van der Waals surface area contributed by atoms with Gasteiger partial charge < -0.3 is 5.32 Å². The fourth-order valence-electron chi connectivity index (χ4n) is 2.58. The molecular weight excluding hydrogens is 319 g/mol. The van der Waals surface area contributed by atoms with Crippen LogP contribution in [0.1, 0.15) is 10.5 Å². The molecule has 2 aromatic heterocycles. The number of hydrogen-bond donors (Lipinski definition) is 1. The maximum absolute atomic E-state index is 13.7. The van der Waals surface area contributed by atoms with Crippen molar-refractivity contribution in [2.24, 2.45) is 0 Å². The van der Waals surface area contributed by atoms with Crippen molar-refractivity contribution in [1.82, 2.24) is 14.6 Å². The second-order valence-corrected chi connectivity index (χ2v) is 5.43. The Labute approximate surface area is 142 Å². The first-order valence-corrected chi connectivity index (χ1v) is 7.68. The van der Waals surface area contributed by atoms with Gasteiger partial charge in [-0.25, -0.2) is 13.9 Å². The van der Waals surface area contributed by atoms with E-state index in [-0.39, 0.29) is 11.4 Å². The van der Waals surface area contributed by atoms with Gasteiger partial charge in [-0.3, -0.25) is 4.79 Å². The molecule has 4 rings (SSSR count). The molecule has 0 unspecified atom stereocenters. The molecule has 1 amide bonds. The summed E-state index contributed by atoms with van der Waals surface area (Å²) in [4.78, 5) is 16.6. The van der Waals surface area contributed by atoms with Crippen LogP contribution in [0.3, 0.4) is 0 Å². The van der Waals surface area contributed by atoms with Gasteiger partial charge in [-0.15, -0.1) is 0 Å². The van der Waals surface area contributed by atoms with Crippen LogP contribution in [0.4, 0.5) is 10.1 Å². The molecule has 0 aliphatic carbocycles. The number of hydrogen-bond acceptors (Lipinski definition) is 3. The lowest BCUT2D eigenvalue weighted by Crippen LogP contribution is -2.13. The van der Waals surface area contributed by atoms with Gasteiger partial charge in [0.15, 0.2) is 11.3 Å². The van der Waals surface area contributed by atoms with Gasteiger partial charge in [0.1, 0.15) is 5.82 Å². The quantitative estimate of drug-likeness (QED) is 0.621. The predicted molar refractivity (Wildman–Crippen MR) is 92.8 cm³/mol. The molecule has 0 spiro atoms. The topological polar surface area (TPSA) is 59.3 Å². The van der Waals surface area contributed by atoms with Gasteiger partial charge in [0.25, 0.3) is 5.91 Å². The average Bonchev–Trinajstić information content (AvgIpc) is 3.09. The van der Waals surface area contributed by atoms with Crippen molar-refractivity contribution >= 4 is 17.2 Å². The predicted octanol–water partition coefficient (Wildman–Crippen LogP) is 3.79. The highest BCUT2D eigenvalue weighted by Crippen LogP contribution is 2.20. The first-order valence-electron chi connectivity index (χ1n) is 7.68. The van der Waals surface area contributed by atoms with Crippen molar-refractivity contribution in [3.63, 3.8) is 0 Å². The minimum absolute atomic E-state index is 0.112. The molecule has 25 heavy (non-hydrogen) atoms. The molecule has 0 aliphatic heterocycles. The van der Waals surface area contributed by atoms with Crippen LogP contribution in [-0.2, 0) is 0 Å². The Hall–Kier alpha value is -3.54. The average molecular weight is 332 g/mol. The highest BCUT2D eigenvalue weighted by molar-refractivity contribution is 6.03. The summed E-state index contributed by atoms with van der Waals surface area (Å²) in [6.45, 7) is 0. The summed E-state index contributed by atoms with van der Waals surface area (Å²) >= 11 is 0. The van der Waals surface area contributed by atoms with Gasteiger partial charge in [0.2, 0.25) is 0 Å². The van der Waals surface area contributed by atoms with E-state index in [1.165, 1.54) is 12.1 Å². The number of amides is 1. The van der Waals surface area contributed by atoms with Crippen LogP contribution in [-0.4, -0.2) is 20.5 Å². The molecule has 1 N–H and O–H groups in total. The highest BCUT2D eigenvalue weighted by atomic mass is 19.1. The number of nitrogens with one attached hydrogen (secondary N) is 1. The normalized spacial score (nSPS) is 10.8. The second kappa shape index (κ2) is 6.16. The van der Waals surface area contributed by atoms with Gasteiger partial charge in [0.05, 0.1) is 11.4 Å². The van der Waals surface area contributed by atoms with Crippen LogP contribution in [0.5, 0.6) is 0 Å². The first kappa shape index (κ1) is 15.0. The van der Waals surface area contributed by atoms with E-state index in [2.05, 4.69) is 15.4 Å². The third-order valence-electron chi connectivity index (χ3n) is 3.78. The van der Waals surface area contributed by atoms with Crippen molar-refractivity contribution in [3.05, 3.63) is 84.4 Å².